The van der Waals surface area contributed by atoms with E-state index in [1.165, 1.54) is 11.7 Å². The quantitative estimate of drug-likeness (QED) is 0.693. The number of nitrogens with one attached hydrogen (secondary N) is 1. The third kappa shape index (κ3) is 3.85. The van der Waals surface area contributed by atoms with Gasteiger partial charge >= 0.3 is 11.9 Å². The molecule has 0 radical (unpaired) electrons. The van der Waals surface area contributed by atoms with Gasteiger partial charge in [-0.1, -0.05) is 0 Å². The smallest absolute Gasteiger partial charge is 0.373 e. The van der Waals surface area contributed by atoms with Crippen molar-refractivity contribution in [3.63, 3.8) is 0 Å². The van der Waals surface area contributed by atoms with Gasteiger partial charge in [0.25, 0.3) is 5.56 Å². The highest BCUT2D eigenvalue weighted by Gasteiger charge is 2.45. The minimum Gasteiger partial charge on any atom is -0.373 e. The van der Waals surface area contributed by atoms with E-state index in [-0.39, 0.29) is 18.2 Å². The normalized spacial score (nSPS) is 28.3. The van der Waals surface area contributed by atoms with Crippen LogP contribution in [0.4, 0.5) is 17.6 Å². The molecule has 4 rings (SSSR count). The highest BCUT2D eigenvalue weighted by atomic mass is 19.4. The van der Waals surface area contributed by atoms with E-state index in [1.807, 2.05) is 0 Å². The number of H-pyrrole nitrogens is 1. The van der Waals surface area contributed by atoms with Gasteiger partial charge in [0.2, 0.25) is 0 Å². The van der Waals surface area contributed by atoms with Crippen molar-refractivity contribution in [2.24, 2.45) is 11.7 Å². The van der Waals surface area contributed by atoms with Crippen LogP contribution in [0, 0.1) is 5.92 Å². The molecule has 2 fully saturated rings. The zero-order chi connectivity index (χ0) is 21.8. The van der Waals surface area contributed by atoms with Gasteiger partial charge in [0, 0.05) is 25.7 Å². The number of halogens is 4. The monoisotopic (exact) mass is 432 g/mol. The number of hydrogen-bond acceptors (Lipinski definition) is 5. The van der Waals surface area contributed by atoms with E-state index in [0.29, 0.717) is 18.7 Å². The maximum absolute atomic E-state index is 15.1. The summed E-state index contributed by atoms with van der Waals surface area (Å²) in [5.41, 5.74) is 4.89. The van der Waals surface area contributed by atoms with Crippen LogP contribution in [0.5, 0.6) is 0 Å². The lowest BCUT2D eigenvalue weighted by molar-refractivity contribution is -0.140. The van der Waals surface area contributed by atoms with Gasteiger partial charge in [-0.05, 0) is 37.8 Å². The molecule has 1 aromatic heterocycles. The van der Waals surface area contributed by atoms with Gasteiger partial charge in [-0.2, -0.15) is 13.2 Å². The molecule has 2 heterocycles. The number of nitrogens with two attached hydrogens (primary N) is 1. The third-order valence-electron chi connectivity index (χ3n) is 6.23. The molecule has 3 N–H and O–H groups in total. The van der Waals surface area contributed by atoms with Crippen molar-refractivity contribution < 1.29 is 22.3 Å². The lowest BCUT2D eigenvalue weighted by atomic mass is 9.93. The molecular weight excluding hydrogens is 408 g/mol. The SMILES string of the molecule is COC1c2c(c(=O)[nH]c(=O)n2C2CC2)C=C(F)C1N1CCC(C(N)CC(F)(F)F)C1. The van der Waals surface area contributed by atoms with Crippen molar-refractivity contribution in [1.82, 2.24) is 14.5 Å². The van der Waals surface area contributed by atoms with Gasteiger partial charge in [-0.15, -0.1) is 0 Å². The average Bonchev–Trinajstić information content (AvgIpc) is 3.35. The van der Waals surface area contributed by atoms with Crippen molar-refractivity contribution in [2.45, 2.75) is 56.1 Å². The molecule has 166 valence electrons. The number of fused-ring (bicyclic) bond motifs is 1. The Morgan fingerprint density at radius 3 is 2.60 bits per heavy atom. The Labute approximate surface area is 169 Å². The highest BCUT2D eigenvalue weighted by Crippen LogP contribution is 2.43. The summed E-state index contributed by atoms with van der Waals surface area (Å²) < 4.78 is 60.3. The molecule has 0 aromatic carbocycles. The van der Waals surface area contributed by atoms with Crippen LogP contribution in [0.25, 0.3) is 6.08 Å². The first-order valence-corrected chi connectivity index (χ1v) is 9.95. The van der Waals surface area contributed by atoms with Gasteiger partial charge in [0.05, 0.1) is 23.7 Å². The van der Waals surface area contributed by atoms with Gasteiger partial charge in [-0.3, -0.25) is 19.2 Å². The van der Waals surface area contributed by atoms with Gasteiger partial charge < -0.3 is 10.5 Å². The van der Waals surface area contributed by atoms with Crippen molar-refractivity contribution >= 4 is 6.08 Å². The van der Waals surface area contributed by atoms with E-state index < -0.39 is 53.8 Å². The second-order valence-electron chi connectivity index (χ2n) is 8.32. The Bertz CT molecular complexity index is 966. The van der Waals surface area contributed by atoms with Crippen LogP contribution >= 0.6 is 0 Å². The highest BCUT2D eigenvalue weighted by molar-refractivity contribution is 5.58. The number of alkyl halides is 3. The molecule has 1 saturated heterocycles. The Hall–Kier alpha value is -1.98. The maximum atomic E-state index is 15.1. The summed E-state index contributed by atoms with van der Waals surface area (Å²) in [7, 11) is 1.37. The molecule has 0 spiro atoms. The van der Waals surface area contributed by atoms with Crippen molar-refractivity contribution in [3.05, 3.63) is 37.9 Å². The number of methoxy groups -OCH3 is 1. The first kappa shape index (κ1) is 21.3. The first-order chi connectivity index (χ1) is 14.1. The predicted molar refractivity (Wildman–Crippen MR) is 101 cm³/mol. The summed E-state index contributed by atoms with van der Waals surface area (Å²) in [6, 6.07) is -2.09. The molecule has 4 unspecified atom stereocenters. The Balaban J connectivity index is 1.66. The lowest BCUT2D eigenvalue weighted by Crippen LogP contribution is -2.46. The minimum atomic E-state index is -4.36. The van der Waals surface area contributed by atoms with Crippen molar-refractivity contribution in [2.75, 3.05) is 20.2 Å². The fourth-order valence-corrected chi connectivity index (χ4v) is 4.68. The lowest BCUT2D eigenvalue weighted by Gasteiger charge is -2.37. The Kier molecular flexibility index (Phi) is 5.39. The molecule has 7 nitrogen and oxygen atoms in total. The van der Waals surface area contributed by atoms with E-state index in [9.17, 15) is 22.8 Å². The molecule has 1 aromatic rings. The summed E-state index contributed by atoms with van der Waals surface area (Å²) in [5.74, 6) is -1.06. The van der Waals surface area contributed by atoms with E-state index in [0.717, 1.165) is 18.9 Å². The summed E-state index contributed by atoms with van der Waals surface area (Å²) in [5, 5.41) is 0. The van der Waals surface area contributed by atoms with E-state index in [4.69, 9.17) is 10.5 Å². The number of ether oxygens (including phenoxy) is 1. The van der Waals surface area contributed by atoms with Crippen LogP contribution in [0.3, 0.4) is 0 Å². The van der Waals surface area contributed by atoms with Gasteiger partial charge in [0.15, 0.2) is 0 Å². The number of hydrogen-bond donors (Lipinski definition) is 2. The van der Waals surface area contributed by atoms with Crippen LogP contribution in [0.15, 0.2) is 15.4 Å². The number of aromatic amines is 1. The van der Waals surface area contributed by atoms with Crippen LogP contribution in [-0.4, -0.2) is 52.9 Å². The number of likely N-dealkylation sites (tertiary alicyclic amines) is 1. The van der Waals surface area contributed by atoms with Gasteiger partial charge in [-0.25, -0.2) is 9.18 Å². The number of nitrogens with zero attached hydrogens (tertiary/aromatic N) is 2. The maximum Gasteiger partial charge on any atom is 0.390 e. The molecule has 30 heavy (non-hydrogen) atoms. The summed E-state index contributed by atoms with van der Waals surface area (Å²) in [6.07, 6.45) is -3.35. The summed E-state index contributed by atoms with van der Waals surface area (Å²) >= 11 is 0. The van der Waals surface area contributed by atoms with Crippen LogP contribution in [-0.2, 0) is 4.74 Å². The third-order valence-corrected chi connectivity index (χ3v) is 6.23. The Morgan fingerprint density at radius 2 is 2.00 bits per heavy atom. The molecule has 2 aliphatic carbocycles. The topological polar surface area (TPSA) is 93.3 Å². The molecule has 0 amide bonds. The van der Waals surface area contributed by atoms with Crippen LogP contribution in [0.2, 0.25) is 0 Å². The average molecular weight is 432 g/mol. The fraction of sp³-hybridized carbons (Fsp3) is 0.684. The summed E-state index contributed by atoms with van der Waals surface area (Å²) in [4.78, 5) is 28.7. The zero-order valence-corrected chi connectivity index (χ0v) is 16.4. The molecule has 0 bridgehead atoms. The van der Waals surface area contributed by atoms with E-state index >= 15 is 4.39 Å². The van der Waals surface area contributed by atoms with Crippen molar-refractivity contribution in [3.8, 4) is 0 Å². The zero-order valence-electron chi connectivity index (χ0n) is 16.4. The van der Waals surface area contributed by atoms with Crippen molar-refractivity contribution in [1.29, 1.82) is 0 Å². The summed E-state index contributed by atoms with van der Waals surface area (Å²) in [6.45, 7) is 0.517. The minimum absolute atomic E-state index is 0.0478. The largest absolute Gasteiger partial charge is 0.390 e. The molecule has 4 atom stereocenters. The number of rotatable bonds is 5. The predicted octanol–water partition coefficient (Wildman–Crippen LogP) is 1.85. The van der Waals surface area contributed by atoms with Crippen LogP contribution < -0.4 is 17.0 Å². The van der Waals surface area contributed by atoms with E-state index in [2.05, 4.69) is 4.98 Å². The molecule has 11 heteroatoms. The Morgan fingerprint density at radius 1 is 1.30 bits per heavy atom. The molecule has 1 aliphatic heterocycles. The standard InChI is InChI=1S/C19H24F4N4O3/c1-30-16-14-11(17(28)25-18(29)27(14)10-2-3-10)6-12(20)15(16)26-5-4-9(8-26)13(24)7-19(21,22)23/h6,9-10,13,15-16H,2-5,7-8,24H2,1H3,(H,25,28,29). The van der Waals surface area contributed by atoms with Gasteiger partial charge in [0.1, 0.15) is 11.9 Å². The molecule has 1 saturated carbocycles. The molecular formula is C19H24F4N4O3. The van der Waals surface area contributed by atoms with Crippen LogP contribution in [0.1, 0.15) is 49.1 Å². The molecule has 3 aliphatic rings. The van der Waals surface area contributed by atoms with E-state index in [1.54, 1.807) is 4.90 Å². The fourth-order valence-electron chi connectivity index (χ4n) is 4.68. The first-order valence-electron chi connectivity index (χ1n) is 9.95. The second-order valence-corrected chi connectivity index (χ2v) is 8.32. The number of aromatic nitrogens is 2. The second kappa shape index (κ2) is 7.61.